The van der Waals surface area contributed by atoms with Gasteiger partial charge < -0.3 is 4.90 Å². The van der Waals surface area contributed by atoms with Gasteiger partial charge in [0.2, 0.25) is 5.82 Å². The quantitative estimate of drug-likeness (QED) is 0.588. The number of hydrogen-bond acceptors (Lipinski definition) is 5. The Labute approximate surface area is 106 Å². The number of nitriles is 1. The molecule has 1 heterocycles. The summed E-state index contributed by atoms with van der Waals surface area (Å²) in [6.07, 6.45) is 0.307. The fraction of sp³-hybridized carbons (Fsp3) is 0.636. The summed E-state index contributed by atoms with van der Waals surface area (Å²) in [7, 11) is 1.75. The molecule has 1 unspecified atom stereocenters. The maximum Gasteiger partial charge on any atom is 0.333 e. The van der Waals surface area contributed by atoms with Gasteiger partial charge in [-0.3, -0.25) is 10.1 Å². The van der Waals surface area contributed by atoms with E-state index in [1.165, 1.54) is 0 Å². The van der Waals surface area contributed by atoms with Crippen molar-refractivity contribution in [3.63, 3.8) is 0 Å². The smallest absolute Gasteiger partial charge is 0.333 e. The predicted octanol–water partition coefficient (Wildman–Crippen LogP) is 1.86. The van der Waals surface area contributed by atoms with Crippen LogP contribution in [0.4, 0.5) is 11.5 Å². The molecular formula is C11H17N5O2. The number of anilines is 1. The third-order valence-corrected chi connectivity index (χ3v) is 2.93. The van der Waals surface area contributed by atoms with Gasteiger partial charge in [0.25, 0.3) is 0 Å². The van der Waals surface area contributed by atoms with Crippen molar-refractivity contribution in [1.29, 1.82) is 5.26 Å². The molecule has 0 aliphatic heterocycles. The normalized spacial score (nSPS) is 11.9. The number of rotatable bonds is 5. The summed E-state index contributed by atoms with van der Waals surface area (Å²) in [5, 5.41) is 24.0. The zero-order chi connectivity index (χ0) is 13.9. The monoisotopic (exact) mass is 251 g/mol. The standard InChI is InChI=1S/C11H17N5O2/c1-5-15-11(14(4)8(2)6-7-12)10(16(17)18)9(3)13-15/h8H,5-6H2,1-4H3. The van der Waals surface area contributed by atoms with Crippen LogP contribution in [0.15, 0.2) is 0 Å². The molecule has 1 aromatic heterocycles. The number of aryl methyl sites for hydroxylation is 2. The second kappa shape index (κ2) is 5.49. The number of aromatic nitrogens is 2. The zero-order valence-electron chi connectivity index (χ0n) is 11.0. The molecule has 0 saturated heterocycles. The van der Waals surface area contributed by atoms with Crippen LogP contribution in [0, 0.1) is 28.4 Å². The van der Waals surface area contributed by atoms with E-state index in [2.05, 4.69) is 11.2 Å². The molecule has 18 heavy (non-hydrogen) atoms. The largest absolute Gasteiger partial charge is 0.350 e. The van der Waals surface area contributed by atoms with Crippen molar-refractivity contribution >= 4 is 11.5 Å². The maximum absolute atomic E-state index is 11.1. The molecule has 0 radical (unpaired) electrons. The highest BCUT2D eigenvalue weighted by Gasteiger charge is 2.29. The first-order valence-electron chi connectivity index (χ1n) is 5.75. The number of nitrogens with zero attached hydrogens (tertiary/aromatic N) is 5. The Morgan fingerprint density at radius 3 is 2.72 bits per heavy atom. The molecule has 1 rings (SSSR count). The van der Waals surface area contributed by atoms with Crippen molar-refractivity contribution in [3.8, 4) is 6.07 Å². The van der Waals surface area contributed by atoms with Gasteiger partial charge in [0.15, 0.2) is 0 Å². The Morgan fingerprint density at radius 1 is 1.67 bits per heavy atom. The molecule has 0 aliphatic rings. The van der Waals surface area contributed by atoms with Gasteiger partial charge in [-0.05, 0) is 20.8 Å². The molecule has 0 saturated carbocycles. The first-order chi connectivity index (χ1) is 8.43. The Hall–Kier alpha value is -2.10. The highest BCUT2D eigenvalue weighted by atomic mass is 16.6. The first-order valence-corrected chi connectivity index (χ1v) is 5.75. The van der Waals surface area contributed by atoms with Crippen LogP contribution in [0.25, 0.3) is 0 Å². The molecule has 98 valence electrons. The fourth-order valence-corrected chi connectivity index (χ4v) is 1.82. The summed E-state index contributed by atoms with van der Waals surface area (Å²) >= 11 is 0. The van der Waals surface area contributed by atoms with Gasteiger partial charge in [-0.25, -0.2) is 4.68 Å². The zero-order valence-corrected chi connectivity index (χ0v) is 11.0. The van der Waals surface area contributed by atoms with Crippen LogP contribution in [0.1, 0.15) is 26.0 Å². The van der Waals surface area contributed by atoms with E-state index < -0.39 is 4.92 Å². The van der Waals surface area contributed by atoms with Crippen LogP contribution in [-0.4, -0.2) is 27.8 Å². The molecule has 0 aliphatic carbocycles. The van der Waals surface area contributed by atoms with Crippen LogP contribution in [0.5, 0.6) is 0 Å². The van der Waals surface area contributed by atoms with Gasteiger partial charge in [0, 0.05) is 19.6 Å². The molecular weight excluding hydrogens is 234 g/mol. The van der Waals surface area contributed by atoms with Gasteiger partial charge in [-0.15, -0.1) is 0 Å². The van der Waals surface area contributed by atoms with Crippen LogP contribution >= 0.6 is 0 Å². The molecule has 7 heteroatoms. The summed E-state index contributed by atoms with van der Waals surface area (Å²) in [5.41, 5.74) is 0.414. The third-order valence-electron chi connectivity index (χ3n) is 2.93. The number of hydrogen-bond donors (Lipinski definition) is 0. The summed E-state index contributed by atoms with van der Waals surface area (Å²) < 4.78 is 1.60. The molecule has 0 fully saturated rings. The third kappa shape index (κ3) is 2.42. The fourth-order valence-electron chi connectivity index (χ4n) is 1.82. The summed E-state index contributed by atoms with van der Waals surface area (Å²) in [6.45, 7) is 5.90. The molecule has 0 N–H and O–H groups in total. The Balaban J connectivity index is 3.29. The Morgan fingerprint density at radius 2 is 2.28 bits per heavy atom. The lowest BCUT2D eigenvalue weighted by Crippen LogP contribution is -2.31. The van der Waals surface area contributed by atoms with Crippen molar-refractivity contribution in [3.05, 3.63) is 15.8 Å². The molecule has 0 aromatic carbocycles. The van der Waals surface area contributed by atoms with Crippen molar-refractivity contribution < 1.29 is 4.92 Å². The van der Waals surface area contributed by atoms with Crippen LogP contribution in [-0.2, 0) is 6.54 Å². The minimum atomic E-state index is -0.417. The van der Waals surface area contributed by atoms with Gasteiger partial charge in [-0.1, -0.05) is 0 Å². The molecule has 0 amide bonds. The van der Waals surface area contributed by atoms with E-state index in [0.717, 1.165) is 0 Å². The second-order valence-electron chi connectivity index (χ2n) is 4.15. The van der Waals surface area contributed by atoms with Crippen LogP contribution in [0.3, 0.4) is 0 Å². The Bertz CT molecular complexity index is 488. The predicted molar refractivity (Wildman–Crippen MR) is 67.4 cm³/mol. The highest BCUT2D eigenvalue weighted by Crippen LogP contribution is 2.32. The van der Waals surface area contributed by atoms with Crippen molar-refractivity contribution in [1.82, 2.24) is 9.78 Å². The average molecular weight is 251 g/mol. The molecule has 1 aromatic rings. The van der Waals surface area contributed by atoms with E-state index in [9.17, 15) is 10.1 Å². The average Bonchev–Trinajstić information content (AvgIpc) is 2.65. The van der Waals surface area contributed by atoms with E-state index in [4.69, 9.17) is 5.26 Å². The lowest BCUT2D eigenvalue weighted by molar-refractivity contribution is -0.384. The molecule has 7 nitrogen and oxygen atoms in total. The highest BCUT2D eigenvalue weighted by molar-refractivity contribution is 5.61. The lowest BCUT2D eigenvalue weighted by Gasteiger charge is -2.24. The van der Waals surface area contributed by atoms with Gasteiger partial charge in [0.05, 0.1) is 17.4 Å². The summed E-state index contributed by atoms with van der Waals surface area (Å²) in [6, 6.07) is 1.97. The van der Waals surface area contributed by atoms with Gasteiger partial charge in [0.1, 0.15) is 5.69 Å². The number of nitro groups is 1. The maximum atomic E-state index is 11.1. The summed E-state index contributed by atoms with van der Waals surface area (Å²) in [5.74, 6) is 0.461. The molecule has 1 atom stereocenters. The topological polar surface area (TPSA) is 88.0 Å². The lowest BCUT2D eigenvalue weighted by atomic mass is 10.2. The minimum absolute atomic E-state index is 0.0177. The van der Waals surface area contributed by atoms with Crippen molar-refractivity contribution in [2.24, 2.45) is 0 Å². The summed E-state index contributed by atoms with van der Waals surface area (Å²) in [4.78, 5) is 12.4. The van der Waals surface area contributed by atoms with Crippen molar-refractivity contribution in [2.45, 2.75) is 39.8 Å². The van der Waals surface area contributed by atoms with Gasteiger partial charge >= 0.3 is 5.69 Å². The van der Waals surface area contributed by atoms with E-state index in [1.807, 2.05) is 13.8 Å². The van der Waals surface area contributed by atoms with Crippen LogP contribution < -0.4 is 4.90 Å². The van der Waals surface area contributed by atoms with E-state index in [-0.39, 0.29) is 11.7 Å². The van der Waals surface area contributed by atoms with Crippen LogP contribution in [0.2, 0.25) is 0 Å². The second-order valence-corrected chi connectivity index (χ2v) is 4.15. The van der Waals surface area contributed by atoms with E-state index >= 15 is 0 Å². The Kier molecular flexibility index (Phi) is 4.26. The van der Waals surface area contributed by atoms with E-state index in [1.54, 1.807) is 23.6 Å². The van der Waals surface area contributed by atoms with Crippen molar-refractivity contribution in [2.75, 3.05) is 11.9 Å². The molecule has 0 spiro atoms. The first kappa shape index (κ1) is 14.0. The van der Waals surface area contributed by atoms with Gasteiger partial charge in [-0.2, -0.15) is 10.4 Å². The molecule has 0 bridgehead atoms. The SMILES string of the molecule is CCn1nc(C)c([N+](=O)[O-])c1N(C)C(C)CC#N. The van der Waals surface area contributed by atoms with E-state index in [0.29, 0.717) is 24.5 Å². The minimum Gasteiger partial charge on any atom is -0.350 e.